The summed E-state index contributed by atoms with van der Waals surface area (Å²) in [5.74, 6) is 0. The van der Waals surface area contributed by atoms with Crippen LogP contribution in [0.3, 0.4) is 0 Å². The first-order chi connectivity index (χ1) is 48.7. The molecule has 4 heteroatoms. The molecule has 0 unspecified atom stereocenters. The van der Waals surface area contributed by atoms with Crippen LogP contribution in [0.25, 0.3) is 60.9 Å². The largest absolute Gasteiger partial charge is 0.310 e. The summed E-state index contributed by atoms with van der Waals surface area (Å²) < 4.78 is 2.74. The smallest absolute Gasteiger partial charge is 0.0583 e. The van der Waals surface area contributed by atoms with E-state index in [-0.39, 0.29) is 32.5 Å². The molecule has 5 aliphatic rings. The minimum Gasteiger partial charge on any atom is -0.310 e. The van der Waals surface area contributed by atoms with E-state index in [1.807, 2.05) is 0 Å². The molecule has 2 aliphatic heterocycles. The predicted molar refractivity (Wildman–Crippen MR) is 438 cm³/mol. The summed E-state index contributed by atoms with van der Waals surface area (Å²) in [5, 5.41) is 2.50. The highest BCUT2D eigenvalue weighted by atomic mass is 15.2. The summed E-state index contributed by atoms with van der Waals surface area (Å²) in [6.45, 7) is 45.4. The Hall–Kier alpha value is -10.2. The van der Waals surface area contributed by atoms with E-state index in [1.54, 1.807) is 0 Å². The van der Waals surface area contributed by atoms with E-state index in [1.165, 1.54) is 133 Å². The number of anilines is 9. The van der Waals surface area contributed by atoms with Crippen LogP contribution in [0, 0.1) is 0 Å². The van der Waals surface area contributed by atoms with Crippen LogP contribution in [0.5, 0.6) is 0 Å². The predicted octanol–water partition coefficient (Wildman–Crippen LogP) is 27.3. The van der Waals surface area contributed by atoms with Gasteiger partial charge in [-0.2, -0.15) is 0 Å². The lowest BCUT2D eigenvalue weighted by Crippen LogP contribution is -2.34. The lowest BCUT2D eigenvalue weighted by Gasteiger charge is -2.44. The number of aromatic nitrogens is 1. The minimum absolute atomic E-state index is 0.0222. The molecule has 18 rings (SSSR count). The number of fused-ring (bicyclic) bond motifs is 10. The zero-order valence-corrected chi connectivity index (χ0v) is 63.8. The molecule has 0 atom stereocenters. The van der Waals surface area contributed by atoms with Gasteiger partial charge < -0.3 is 19.3 Å². The van der Waals surface area contributed by atoms with Crippen LogP contribution in [0.2, 0.25) is 0 Å². The fourth-order valence-corrected chi connectivity index (χ4v) is 19.1. The maximum absolute atomic E-state index is 2.74. The quantitative estimate of drug-likeness (QED) is 0.143. The van der Waals surface area contributed by atoms with Crippen LogP contribution in [0.15, 0.2) is 237 Å². The van der Waals surface area contributed by atoms with Gasteiger partial charge in [-0.25, -0.2) is 0 Å². The number of rotatable bonds is 9. The van der Waals surface area contributed by atoms with Gasteiger partial charge in [-0.3, -0.25) is 0 Å². The molecular formula is C99H96N4. The Labute approximate surface area is 611 Å². The summed E-state index contributed by atoms with van der Waals surface area (Å²) in [6.07, 6.45) is 0. The third kappa shape index (κ3) is 9.33. The van der Waals surface area contributed by atoms with Crippen molar-refractivity contribution >= 4 is 73.0 Å². The monoisotopic (exact) mass is 1340 g/mol. The van der Waals surface area contributed by atoms with Crippen molar-refractivity contribution < 1.29 is 0 Å². The molecule has 3 heterocycles. The second kappa shape index (κ2) is 21.5. The maximum atomic E-state index is 2.74. The highest BCUT2D eigenvalue weighted by molar-refractivity contribution is 6.17. The van der Waals surface area contributed by atoms with Gasteiger partial charge in [0.15, 0.2) is 0 Å². The molecule has 0 amide bonds. The Morgan fingerprint density at radius 2 is 0.456 bits per heavy atom. The van der Waals surface area contributed by atoms with Gasteiger partial charge in [0, 0.05) is 89.0 Å². The van der Waals surface area contributed by atoms with Crippen molar-refractivity contribution in [3.63, 3.8) is 0 Å². The van der Waals surface area contributed by atoms with E-state index < -0.39 is 10.8 Å². The topological polar surface area (TPSA) is 14.7 Å². The molecule has 0 bridgehead atoms. The number of hydrogen-bond donors (Lipinski definition) is 0. The summed E-state index contributed by atoms with van der Waals surface area (Å²) in [5.41, 5.74) is 37.6. The standard InChI is InChI=1S/C99H96N4/c1-92(2,3)59-32-38-62(39-33-59)100(65-44-47-74-71-26-20-23-29-79(71)95(10,11)82(74)52-65)68-50-77-78-51-69(101(63-40-34-60(35-41-63)93(4,5)6)66-45-48-75-72-27-21-24-30-80(72)96(12,13)83(75)53-66)56-86-90(78)103-89(77)85(55-68)98(16,17)87-57-70(58-88(91(87)103)99(86,18)19)102(64-42-36-61(37-43-64)94(7,8)9)67-46-49-76-73-28-22-25-31-81(73)97(14,15)84(76)54-67/h20-58H,1-19H3. The molecule has 0 N–H and O–H groups in total. The number of benzene rings is 12. The van der Waals surface area contributed by atoms with Gasteiger partial charge in [0.05, 0.1) is 16.7 Å². The molecule has 0 saturated carbocycles. The van der Waals surface area contributed by atoms with Gasteiger partial charge in [-0.15, -0.1) is 0 Å². The first-order valence-electron chi connectivity index (χ1n) is 37.6. The zero-order valence-electron chi connectivity index (χ0n) is 63.8. The van der Waals surface area contributed by atoms with Gasteiger partial charge in [0.2, 0.25) is 0 Å². The molecule has 0 fully saturated rings. The first-order valence-corrected chi connectivity index (χ1v) is 37.6. The Morgan fingerprint density at radius 1 is 0.223 bits per heavy atom. The van der Waals surface area contributed by atoms with Gasteiger partial charge in [0.25, 0.3) is 0 Å². The lowest BCUT2D eigenvalue weighted by atomic mass is 9.68. The van der Waals surface area contributed by atoms with Crippen molar-refractivity contribution in [3.8, 4) is 39.1 Å². The van der Waals surface area contributed by atoms with Crippen molar-refractivity contribution in [2.75, 3.05) is 14.7 Å². The van der Waals surface area contributed by atoms with Crippen LogP contribution in [-0.2, 0) is 43.3 Å². The van der Waals surface area contributed by atoms with Crippen molar-refractivity contribution in [2.45, 2.75) is 175 Å². The molecule has 0 spiro atoms. The zero-order chi connectivity index (χ0) is 71.9. The normalized spacial score (nSPS) is 16.1. The van der Waals surface area contributed by atoms with E-state index in [4.69, 9.17) is 0 Å². The van der Waals surface area contributed by atoms with Crippen LogP contribution in [-0.4, -0.2) is 4.57 Å². The summed E-state index contributed by atoms with van der Waals surface area (Å²) >= 11 is 0. The fourth-order valence-electron chi connectivity index (χ4n) is 19.1. The fraction of sp³-hybridized carbons (Fsp3) is 0.273. The van der Waals surface area contributed by atoms with E-state index >= 15 is 0 Å². The first kappa shape index (κ1) is 64.9. The van der Waals surface area contributed by atoms with Crippen LogP contribution >= 0.6 is 0 Å². The van der Waals surface area contributed by atoms with Crippen LogP contribution < -0.4 is 14.7 Å². The average molecular weight is 1340 g/mol. The average Bonchev–Trinajstić information content (AvgIpc) is 1.58. The van der Waals surface area contributed by atoms with Crippen molar-refractivity contribution in [1.29, 1.82) is 0 Å². The van der Waals surface area contributed by atoms with Crippen molar-refractivity contribution in [2.24, 2.45) is 0 Å². The second-order valence-corrected chi connectivity index (χ2v) is 36.4. The van der Waals surface area contributed by atoms with Gasteiger partial charge in [-0.05, 0) is 231 Å². The minimum atomic E-state index is -0.516. The Morgan fingerprint density at radius 3 is 0.748 bits per heavy atom. The molecular weight excluding hydrogens is 1250 g/mol. The van der Waals surface area contributed by atoms with Crippen LogP contribution in [0.4, 0.5) is 51.2 Å². The molecule has 4 nitrogen and oxygen atoms in total. The Balaban J connectivity index is 0.935. The molecule has 103 heavy (non-hydrogen) atoms. The molecule has 512 valence electrons. The molecule has 13 aromatic rings. The molecule has 12 aromatic carbocycles. The number of hydrogen-bond acceptors (Lipinski definition) is 3. The van der Waals surface area contributed by atoms with Gasteiger partial charge in [-0.1, -0.05) is 259 Å². The van der Waals surface area contributed by atoms with E-state index in [9.17, 15) is 0 Å². The summed E-state index contributed by atoms with van der Waals surface area (Å²) in [7, 11) is 0. The lowest BCUT2D eigenvalue weighted by molar-refractivity contribution is 0.590. The van der Waals surface area contributed by atoms with Crippen molar-refractivity contribution in [1.82, 2.24) is 4.57 Å². The highest BCUT2D eigenvalue weighted by Crippen LogP contribution is 2.61. The maximum Gasteiger partial charge on any atom is 0.0583 e. The van der Waals surface area contributed by atoms with E-state index in [2.05, 4.69) is 387 Å². The molecule has 0 saturated heterocycles. The molecule has 3 aliphatic carbocycles. The molecule has 0 radical (unpaired) electrons. The summed E-state index contributed by atoms with van der Waals surface area (Å²) in [4.78, 5) is 7.74. The SMILES string of the molecule is CC(C)(C)c1ccc(N(c2ccc3c(c2)C(C)(C)c2ccccc2-3)c2cc3c4c(c2)C(C)(C)c2cc(N(c5ccc(C(C)(C)C)cc5)c5ccc6c(c5)C(C)(C)c5ccccc5-6)cc5c6cc(N(c7ccc(C(C)(C)C)cc7)c7ccc8c(c7)C(C)(C)c7ccccc7-8)cc(c6n-4c25)C3(C)C)cc1. The third-order valence-corrected chi connectivity index (χ3v) is 25.2. The Bertz CT molecular complexity index is 5490. The highest BCUT2D eigenvalue weighted by Gasteiger charge is 2.47. The van der Waals surface area contributed by atoms with E-state index in [0.717, 1.165) is 51.2 Å². The molecule has 1 aromatic heterocycles. The summed E-state index contributed by atoms with van der Waals surface area (Å²) in [6, 6.07) is 93.0. The van der Waals surface area contributed by atoms with Gasteiger partial charge >= 0.3 is 0 Å². The van der Waals surface area contributed by atoms with Crippen molar-refractivity contribution in [3.05, 3.63) is 309 Å². The Kier molecular flexibility index (Phi) is 13.5. The van der Waals surface area contributed by atoms with Crippen LogP contribution in [0.1, 0.15) is 204 Å². The second-order valence-electron chi connectivity index (χ2n) is 36.4. The number of nitrogens with zero attached hydrogens (tertiary/aromatic N) is 4. The van der Waals surface area contributed by atoms with Gasteiger partial charge in [0.1, 0.15) is 0 Å². The van der Waals surface area contributed by atoms with E-state index in [0.29, 0.717) is 0 Å². The third-order valence-electron chi connectivity index (χ3n) is 25.2.